The normalized spacial score (nSPS) is 12.0. The topological polar surface area (TPSA) is 57.0 Å². The van der Waals surface area contributed by atoms with Crippen LogP contribution in [-0.4, -0.2) is 33.1 Å². The molecule has 134 valence electrons. The highest BCUT2D eigenvalue weighted by molar-refractivity contribution is 8.00. The average molecular weight is 388 g/mol. The Morgan fingerprint density at radius 2 is 1.85 bits per heavy atom. The van der Waals surface area contributed by atoms with E-state index in [-0.39, 0.29) is 5.97 Å². The molecule has 0 saturated carbocycles. The summed E-state index contributed by atoms with van der Waals surface area (Å²) in [6, 6.07) is 15.5. The Balaban J connectivity index is 2.12. The van der Waals surface area contributed by atoms with Gasteiger partial charge in [-0.25, -0.2) is 0 Å². The van der Waals surface area contributed by atoms with Gasteiger partial charge in [-0.05, 0) is 38.1 Å². The number of hydrogen-bond donors (Lipinski definition) is 0. The van der Waals surface area contributed by atoms with Crippen molar-refractivity contribution in [1.82, 2.24) is 14.8 Å². The Bertz CT molecular complexity index is 925. The molecule has 0 fully saturated rings. The molecule has 0 N–H and O–H groups in total. The lowest BCUT2D eigenvalue weighted by Crippen LogP contribution is -2.15. The second-order valence-corrected chi connectivity index (χ2v) is 7.46. The lowest BCUT2D eigenvalue weighted by atomic mass is 10.2. The molecule has 0 aliphatic rings. The van der Waals surface area contributed by atoms with Crippen LogP contribution in [0.1, 0.15) is 12.5 Å². The van der Waals surface area contributed by atoms with Crippen molar-refractivity contribution in [1.29, 1.82) is 0 Å². The lowest BCUT2D eigenvalue weighted by Gasteiger charge is -2.13. The summed E-state index contributed by atoms with van der Waals surface area (Å²) in [5.41, 5.74) is 2.83. The fourth-order valence-corrected chi connectivity index (χ4v) is 3.58. The van der Waals surface area contributed by atoms with Gasteiger partial charge in [-0.3, -0.25) is 9.36 Å². The highest BCUT2D eigenvalue weighted by atomic mass is 35.5. The van der Waals surface area contributed by atoms with E-state index in [1.54, 1.807) is 6.92 Å². The van der Waals surface area contributed by atoms with Crippen LogP contribution in [0.5, 0.6) is 0 Å². The molecule has 0 amide bonds. The summed E-state index contributed by atoms with van der Waals surface area (Å²) in [7, 11) is 1.37. The van der Waals surface area contributed by atoms with Crippen molar-refractivity contribution in [3.8, 4) is 17.1 Å². The summed E-state index contributed by atoms with van der Waals surface area (Å²) in [5.74, 6) is 0.312. The van der Waals surface area contributed by atoms with Gasteiger partial charge in [0.2, 0.25) is 0 Å². The van der Waals surface area contributed by atoms with E-state index in [1.807, 2.05) is 60.0 Å². The SMILES string of the molecule is COC(=O)[C@H](C)Sc1nnc(-c2ccccc2Cl)n1-c1ccc(C)cc1. The summed E-state index contributed by atoms with van der Waals surface area (Å²) >= 11 is 7.66. The number of aromatic nitrogens is 3. The highest BCUT2D eigenvalue weighted by Crippen LogP contribution is 2.33. The second-order valence-electron chi connectivity index (χ2n) is 5.74. The van der Waals surface area contributed by atoms with E-state index in [2.05, 4.69) is 10.2 Å². The molecule has 0 aliphatic carbocycles. The zero-order chi connectivity index (χ0) is 18.7. The molecule has 5 nitrogen and oxygen atoms in total. The maximum absolute atomic E-state index is 11.8. The predicted octanol–water partition coefficient (Wildman–Crippen LogP) is 4.55. The number of hydrogen-bond acceptors (Lipinski definition) is 5. The van der Waals surface area contributed by atoms with E-state index in [0.717, 1.165) is 16.8 Å². The molecule has 0 bridgehead atoms. The van der Waals surface area contributed by atoms with Crippen molar-refractivity contribution >= 4 is 29.3 Å². The first-order valence-corrected chi connectivity index (χ1v) is 9.29. The van der Waals surface area contributed by atoms with Crippen LogP contribution >= 0.6 is 23.4 Å². The fourth-order valence-electron chi connectivity index (χ4n) is 2.46. The van der Waals surface area contributed by atoms with Crippen molar-refractivity contribution in [2.45, 2.75) is 24.3 Å². The maximum atomic E-state index is 11.8. The molecule has 1 aromatic heterocycles. The van der Waals surface area contributed by atoms with Gasteiger partial charge < -0.3 is 4.74 Å². The summed E-state index contributed by atoms with van der Waals surface area (Å²) in [6.07, 6.45) is 0. The zero-order valence-corrected chi connectivity index (χ0v) is 16.2. The first-order chi connectivity index (χ1) is 12.5. The monoisotopic (exact) mass is 387 g/mol. The number of ether oxygens (including phenoxy) is 1. The highest BCUT2D eigenvalue weighted by Gasteiger charge is 2.23. The van der Waals surface area contributed by atoms with E-state index >= 15 is 0 Å². The molecule has 0 radical (unpaired) electrons. The summed E-state index contributed by atoms with van der Waals surface area (Å²) in [5, 5.41) is 9.42. The number of esters is 1. The standard InChI is InChI=1S/C19H18ClN3O2S/c1-12-8-10-14(11-9-12)23-17(15-6-4-5-7-16(15)20)21-22-19(23)26-13(2)18(24)25-3/h4-11,13H,1-3H3/t13-/m0/s1. The molecular formula is C19H18ClN3O2S. The number of methoxy groups -OCH3 is 1. The first-order valence-electron chi connectivity index (χ1n) is 8.03. The lowest BCUT2D eigenvalue weighted by molar-refractivity contribution is -0.139. The molecule has 0 saturated heterocycles. The minimum absolute atomic E-state index is 0.312. The van der Waals surface area contributed by atoms with Crippen LogP contribution in [0, 0.1) is 6.92 Å². The van der Waals surface area contributed by atoms with Gasteiger partial charge >= 0.3 is 5.97 Å². The Kier molecular flexibility index (Phi) is 5.64. The third-order valence-corrected chi connectivity index (χ3v) is 5.21. The van der Waals surface area contributed by atoms with Crippen molar-refractivity contribution in [3.05, 3.63) is 59.1 Å². The largest absolute Gasteiger partial charge is 0.468 e. The number of thioether (sulfide) groups is 1. The number of halogens is 1. The molecule has 1 heterocycles. The van der Waals surface area contributed by atoms with E-state index < -0.39 is 5.25 Å². The summed E-state index contributed by atoms with van der Waals surface area (Å²) < 4.78 is 6.73. The Morgan fingerprint density at radius 1 is 1.15 bits per heavy atom. The van der Waals surface area contributed by atoms with E-state index in [1.165, 1.54) is 18.9 Å². The Hall–Kier alpha value is -2.31. The molecule has 0 unspecified atom stereocenters. The van der Waals surface area contributed by atoms with Crippen molar-refractivity contribution in [2.75, 3.05) is 7.11 Å². The molecule has 1 atom stereocenters. The van der Waals surface area contributed by atoms with Gasteiger partial charge in [0.1, 0.15) is 5.25 Å². The van der Waals surface area contributed by atoms with Gasteiger partial charge in [0.05, 0.1) is 12.1 Å². The van der Waals surface area contributed by atoms with E-state index in [9.17, 15) is 4.79 Å². The van der Waals surface area contributed by atoms with Gasteiger partial charge in [0, 0.05) is 11.3 Å². The number of nitrogens with zero attached hydrogens (tertiary/aromatic N) is 3. The minimum Gasteiger partial charge on any atom is -0.468 e. The average Bonchev–Trinajstić information content (AvgIpc) is 3.05. The van der Waals surface area contributed by atoms with Gasteiger partial charge in [0.15, 0.2) is 11.0 Å². The minimum atomic E-state index is -0.410. The molecule has 7 heteroatoms. The maximum Gasteiger partial charge on any atom is 0.318 e. The van der Waals surface area contributed by atoms with Crippen LogP contribution in [0.3, 0.4) is 0 Å². The van der Waals surface area contributed by atoms with E-state index in [0.29, 0.717) is 16.0 Å². The molecule has 0 aliphatic heterocycles. The third kappa shape index (κ3) is 3.76. The summed E-state index contributed by atoms with van der Waals surface area (Å²) in [4.78, 5) is 11.8. The smallest absolute Gasteiger partial charge is 0.318 e. The molecule has 0 spiro atoms. The van der Waals surface area contributed by atoms with Gasteiger partial charge in [-0.15, -0.1) is 10.2 Å². The first kappa shape index (κ1) is 18.5. The second kappa shape index (κ2) is 7.93. The van der Waals surface area contributed by atoms with Crippen molar-refractivity contribution < 1.29 is 9.53 Å². The number of benzene rings is 2. The fraction of sp³-hybridized carbons (Fsp3) is 0.211. The number of aryl methyl sites for hydroxylation is 1. The van der Waals surface area contributed by atoms with Crippen LogP contribution in [0.25, 0.3) is 17.1 Å². The van der Waals surface area contributed by atoms with Crippen LogP contribution in [0.15, 0.2) is 53.7 Å². The van der Waals surface area contributed by atoms with Crippen LogP contribution in [0.4, 0.5) is 0 Å². The third-order valence-electron chi connectivity index (χ3n) is 3.86. The molecule has 3 aromatic rings. The molecule has 26 heavy (non-hydrogen) atoms. The number of carbonyl (C=O) groups excluding carboxylic acids is 1. The van der Waals surface area contributed by atoms with Crippen LogP contribution in [0.2, 0.25) is 5.02 Å². The zero-order valence-electron chi connectivity index (χ0n) is 14.6. The summed E-state index contributed by atoms with van der Waals surface area (Å²) in [6.45, 7) is 3.81. The Labute approximate surface area is 161 Å². The van der Waals surface area contributed by atoms with Gasteiger partial charge in [0.25, 0.3) is 0 Å². The quantitative estimate of drug-likeness (QED) is 0.474. The number of rotatable bonds is 5. The van der Waals surface area contributed by atoms with Crippen molar-refractivity contribution in [3.63, 3.8) is 0 Å². The Morgan fingerprint density at radius 3 is 2.50 bits per heavy atom. The van der Waals surface area contributed by atoms with Crippen LogP contribution < -0.4 is 0 Å². The molecule has 3 rings (SSSR count). The van der Waals surface area contributed by atoms with E-state index in [4.69, 9.17) is 16.3 Å². The predicted molar refractivity (Wildman–Crippen MR) is 104 cm³/mol. The van der Waals surface area contributed by atoms with Gasteiger partial charge in [-0.2, -0.15) is 0 Å². The van der Waals surface area contributed by atoms with Gasteiger partial charge in [-0.1, -0.05) is 53.2 Å². The molecule has 2 aromatic carbocycles. The number of carbonyl (C=O) groups is 1. The van der Waals surface area contributed by atoms with Crippen LogP contribution in [-0.2, 0) is 9.53 Å². The van der Waals surface area contributed by atoms with Crippen molar-refractivity contribution in [2.24, 2.45) is 0 Å². The molecular weight excluding hydrogens is 370 g/mol.